The van der Waals surface area contributed by atoms with Crippen molar-refractivity contribution in [3.05, 3.63) is 0 Å². The van der Waals surface area contributed by atoms with E-state index in [0.29, 0.717) is 6.54 Å². The largest absolute Gasteiger partial charge is 0.384 e. The summed E-state index contributed by atoms with van der Waals surface area (Å²) in [5.74, 6) is 5.36. The van der Waals surface area contributed by atoms with Crippen LogP contribution in [0.25, 0.3) is 0 Å². The summed E-state index contributed by atoms with van der Waals surface area (Å²) in [6.45, 7) is 4.35. The smallest absolute Gasteiger partial charge is 0.224 e. The van der Waals surface area contributed by atoms with Gasteiger partial charge in [-0.25, -0.2) is 0 Å². The van der Waals surface area contributed by atoms with Gasteiger partial charge in [0.05, 0.1) is 6.54 Å². The molecule has 0 spiro atoms. The Morgan fingerprint density at radius 1 is 1.62 bits per heavy atom. The van der Waals surface area contributed by atoms with Crippen LogP contribution in [0.15, 0.2) is 0 Å². The van der Waals surface area contributed by atoms with Gasteiger partial charge in [-0.15, -0.1) is 0 Å². The van der Waals surface area contributed by atoms with Crippen molar-refractivity contribution in [2.45, 2.75) is 20.3 Å². The maximum Gasteiger partial charge on any atom is 0.224 e. The molecular weight excluding hydrogens is 166 g/mol. The predicted molar refractivity (Wildman–Crippen MR) is 49.8 cm³/mol. The maximum atomic E-state index is 11.3. The summed E-state index contributed by atoms with van der Waals surface area (Å²) in [4.78, 5) is 11.3. The van der Waals surface area contributed by atoms with Gasteiger partial charge in [-0.2, -0.15) is 0 Å². The fourth-order valence-corrected chi connectivity index (χ4v) is 1.29. The average Bonchev–Trinajstić information content (AvgIpc) is 2.69. The Hall–Kier alpha value is -1.01. The molecule has 0 unspecified atom stereocenters. The summed E-state index contributed by atoms with van der Waals surface area (Å²) < 4.78 is 0. The molecular formula is C10H15NO2. The monoisotopic (exact) mass is 181 g/mol. The first kappa shape index (κ1) is 10.1. The average molecular weight is 181 g/mol. The second-order valence-electron chi connectivity index (χ2n) is 3.97. The van der Waals surface area contributed by atoms with Gasteiger partial charge < -0.3 is 10.4 Å². The number of amides is 1. The Balaban J connectivity index is 2.20. The molecule has 3 nitrogen and oxygen atoms in total. The highest BCUT2D eigenvalue weighted by Crippen LogP contribution is 2.51. The Morgan fingerprint density at radius 2 is 2.23 bits per heavy atom. The number of hydrogen-bond acceptors (Lipinski definition) is 2. The first-order valence-corrected chi connectivity index (χ1v) is 4.42. The molecule has 1 saturated carbocycles. The molecule has 2 N–H and O–H groups in total. The molecule has 1 amide bonds. The molecule has 3 heteroatoms. The fourth-order valence-electron chi connectivity index (χ4n) is 1.29. The minimum absolute atomic E-state index is 0.0808. The topological polar surface area (TPSA) is 49.3 Å². The second-order valence-corrected chi connectivity index (χ2v) is 3.97. The molecule has 0 aromatic carbocycles. The van der Waals surface area contributed by atoms with Gasteiger partial charge in [-0.05, 0) is 11.8 Å². The summed E-state index contributed by atoms with van der Waals surface area (Å²) >= 11 is 0. The van der Waals surface area contributed by atoms with Crippen LogP contribution in [-0.4, -0.2) is 24.2 Å². The lowest BCUT2D eigenvalue weighted by molar-refractivity contribution is -0.122. The lowest BCUT2D eigenvalue weighted by Crippen LogP contribution is -2.26. The number of aliphatic hydroxyl groups is 1. The van der Waals surface area contributed by atoms with Crippen LogP contribution in [0.2, 0.25) is 0 Å². The zero-order valence-corrected chi connectivity index (χ0v) is 8.05. The van der Waals surface area contributed by atoms with Gasteiger partial charge in [0, 0.05) is 5.92 Å². The third kappa shape index (κ3) is 2.74. The Labute approximate surface area is 78.5 Å². The van der Waals surface area contributed by atoms with Gasteiger partial charge >= 0.3 is 0 Å². The van der Waals surface area contributed by atoms with E-state index < -0.39 is 0 Å². The van der Waals surface area contributed by atoms with Crippen LogP contribution < -0.4 is 5.32 Å². The minimum Gasteiger partial charge on any atom is -0.384 e. The summed E-state index contributed by atoms with van der Waals surface area (Å²) in [7, 11) is 0. The van der Waals surface area contributed by atoms with E-state index in [1.54, 1.807) is 0 Å². The van der Waals surface area contributed by atoms with E-state index >= 15 is 0 Å². The first-order valence-electron chi connectivity index (χ1n) is 4.42. The van der Waals surface area contributed by atoms with E-state index in [4.69, 9.17) is 5.11 Å². The van der Waals surface area contributed by atoms with Crippen LogP contribution >= 0.6 is 0 Å². The van der Waals surface area contributed by atoms with Crippen LogP contribution in [0.5, 0.6) is 0 Å². The first-order chi connectivity index (χ1) is 6.08. The zero-order chi connectivity index (χ0) is 9.90. The van der Waals surface area contributed by atoms with Crippen molar-refractivity contribution in [2.24, 2.45) is 11.3 Å². The van der Waals surface area contributed by atoms with E-state index in [1.165, 1.54) is 0 Å². The Kier molecular flexibility index (Phi) is 2.94. The van der Waals surface area contributed by atoms with Gasteiger partial charge in [-0.3, -0.25) is 4.79 Å². The van der Waals surface area contributed by atoms with Gasteiger partial charge in [0.25, 0.3) is 0 Å². The van der Waals surface area contributed by atoms with Gasteiger partial charge in [0.15, 0.2) is 0 Å². The lowest BCUT2D eigenvalue weighted by Gasteiger charge is -2.02. The van der Waals surface area contributed by atoms with Crippen LogP contribution in [0.4, 0.5) is 0 Å². The normalized spacial score (nSPS) is 22.8. The van der Waals surface area contributed by atoms with Crippen molar-refractivity contribution in [1.29, 1.82) is 0 Å². The molecule has 0 aliphatic heterocycles. The van der Waals surface area contributed by atoms with E-state index in [-0.39, 0.29) is 23.8 Å². The molecule has 72 valence electrons. The molecule has 13 heavy (non-hydrogen) atoms. The standard InChI is InChI=1S/C10H15NO2/c1-10(2)7-8(10)9(13)11-5-3-4-6-12/h8,12H,5-7H2,1-2H3,(H,11,13)/t8-/m1/s1. The molecule has 1 aliphatic carbocycles. The molecule has 1 fully saturated rings. The summed E-state index contributed by atoms with van der Waals surface area (Å²) in [6.07, 6.45) is 0.965. The highest BCUT2D eigenvalue weighted by molar-refractivity contribution is 5.82. The molecule has 1 atom stereocenters. The minimum atomic E-state index is -0.148. The molecule has 0 bridgehead atoms. The van der Waals surface area contributed by atoms with Crippen LogP contribution in [-0.2, 0) is 4.79 Å². The number of carbonyl (C=O) groups excluding carboxylic acids is 1. The number of hydrogen-bond donors (Lipinski definition) is 2. The van der Waals surface area contributed by atoms with Crippen molar-refractivity contribution in [3.8, 4) is 11.8 Å². The van der Waals surface area contributed by atoms with Gasteiger partial charge in [0.1, 0.15) is 6.61 Å². The van der Waals surface area contributed by atoms with Crippen molar-refractivity contribution < 1.29 is 9.90 Å². The quantitative estimate of drug-likeness (QED) is 0.595. The Morgan fingerprint density at radius 3 is 2.69 bits per heavy atom. The number of carbonyl (C=O) groups is 1. The van der Waals surface area contributed by atoms with Gasteiger partial charge in [0.2, 0.25) is 5.91 Å². The van der Waals surface area contributed by atoms with Crippen molar-refractivity contribution in [3.63, 3.8) is 0 Å². The van der Waals surface area contributed by atoms with Crippen molar-refractivity contribution in [2.75, 3.05) is 13.2 Å². The van der Waals surface area contributed by atoms with Crippen molar-refractivity contribution >= 4 is 5.91 Å². The molecule has 1 aliphatic rings. The predicted octanol–water partition coefficient (Wildman–Crippen LogP) is 0.144. The molecule has 0 aromatic heterocycles. The molecule has 0 aromatic rings. The van der Waals surface area contributed by atoms with E-state index in [0.717, 1.165) is 6.42 Å². The molecule has 1 rings (SSSR count). The fraction of sp³-hybridized carbons (Fsp3) is 0.700. The van der Waals surface area contributed by atoms with E-state index in [2.05, 4.69) is 31.0 Å². The number of aliphatic hydroxyl groups excluding tert-OH is 1. The van der Waals surface area contributed by atoms with Crippen molar-refractivity contribution in [1.82, 2.24) is 5.32 Å². The molecule has 0 saturated heterocycles. The summed E-state index contributed by atoms with van der Waals surface area (Å²) in [5, 5.41) is 11.1. The molecule has 0 heterocycles. The maximum absolute atomic E-state index is 11.3. The lowest BCUT2D eigenvalue weighted by atomic mass is 10.1. The highest BCUT2D eigenvalue weighted by Gasteiger charge is 2.50. The highest BCUT2D eigenvalue weighted by atomic mass is 16.2. The van der Waals surface area contributed by atoms with Crippen LogP contribution in [0.1, 0.15) is 20.3 Å². The van der Waals surface area contributed by atoms with Crippen LogP contribution in [0.3, 0.4) is 0 Å². The zero-order valence-electron chi connectivity index (χ0n) is 8.05. The van der Waals surface area contributed by atoms with Gasteiger partial charge in [-0.1, -0.05) is 25.7 Å². The molecule has 0 radical (unpaired) electrons. The Bertz CT molecular complexity index is 260. The second kappa shape index (κ2) is 3.80. The number of nitrogens with one attached hydrogen (secondary N) is 1. The summed E-state index contributed by atoms with van der Waals surface area (Å²) in [5.41, 5.74) is 0.175. The third-order valence-corrected chi connectivity index (χ3v) is 2.38. The van der Waals surface area contributed by atoms with E-state index in [1.807, 2.05) is 0 Å². The number of rotatable bonds is 2. The van der Waals surface area contributed by atoms with E-state index in [9.17, 15) is 4.79 Å². The van der Waals surface area contributed by atoms with Crippen LogP contribution in [0, 0.1) is 23.2 Å². The summed E-state index contributed by atoms with van der Waals surface area (Å²) in [6, 6.07) is 0. The SMILES string of the molecule is CC1(C)C[C@@H]1C(=O)NCC#CCO. The third-order valence-electron chi connectivity index (χ3n) is 2.38.